The predicted molar refractivity (Wildman–Crippen MR) is 135 cm³/mol. The minimum atomic E-state index is 0.210. The van der Waals surface area contributed by atoms with E-state index in [4.69, 9.17) is 4.98 Å². The minimum Gasteiger partial charge on any atom is -0.396 e. The van der Waals surface area contributed by atoms with Gasteiger partial charge in [0, 0.05) is 62.0 Å². The van der Waals surface area contributed by atoms with Crippen molar-refractivity contribution >= 4 is 11.0 Å². The number of rotatable bonds is 7. The van der Waals surface area contributed by atoms with Crippen molar-refractivity contribution in [1.29, 1.82) is 0 Å². The van der Waals surface area contributed by atoms with Gasteiger partial charge in [0.15, 0.2) is 0 Å². The van der Waals surface area contributed by atoms with Crippen LogP contribution in [-0.2, 0) is 13.0 Å². The first-order valence-corrected chi connectivity index (χ1v) is 13.7. The monoisotopic (exact) mass is 452 g/mol. The maximum Gasteiger partial charge on any atom is 0.140 e. The van der Waals surface area contributed by atoms with Gasteiger partial charge in [-0.1, -0.05) is 13.8 Å². The normalized spacial score (nSPS) is 26.1. The summed E-state index contributed by atoms with van der Waals surface area (Å²) in [5, 5.41) is 11.3. The highest BCUT2D eigenvalue weighted by atomic mass is 16.3. The van der Waals surface area contributed by atoms with E-state index in [-0.39, 0.29) is 6.61 Å². The Balaban J connectivity index is 1.34. The molecule has 2 saturated heterocycles. The van der Waals surface area contributed by atoms with Crippen LogP contribution in [0.3, 0.4) is 0 Å². The van der Waals surface area contributed by atoms with E-state index in [9.17, 15) is 5.11 Å². The molecule has 2 aliphatic heterocycles. The summed E-state index contributed by atoms with van der Waals surface area (Å²) in [6.45, 7) is 10.8. The molecule has 0 amide bonds. The van der Waals surface area contributed by atoms with Gasteiger partial charge in [-0.2, -0.15) is 0 Å². The van der Waals surface area contributed by atoms with Crippen LogP contribution in [0.15, 0.2) is 18.3 Å². The molecule has 5 rings (SSSR count). The largest absolute Gasteiger partial charge is 0.396 e. The van der Waals surface area contributed by atoms with Crippen molar-refractivity contribution in [1.82, 2.24) is 19.4 Å². The molecule has 3 aliphatic rings. The first-order valence-electron chi connectivity index (χ1n) is 13.7. The van der Waals surface area contributed by atoms with Gasteiger partial charge >= 0.3 is 0 Å². The number of nitrogens with zero attached hydrogens (tertiary/aromatic N) is 4. The van der Waals surface area contributed by atoms with Gasteiger partial charge < -0.3 is 14.6 Å². The summed E-state index contributed by atoms with van der Waals surface area (Å²) in [5.41, 5.74) is 3.91. The first kappa shape index (κ1) is 23.3. The molecule has 0 bridgehead atoms. The second-order valence-electron chi connectivity index (χ2n) is 11.2. The smallest absolute Gasteiger partial charge is 0.140 e. The summed E-state index contributed by atoms with van der Waals surface area (Å²) in [6, 6.07) is 5.63. The molecule has 0 radical (unpaired) electrons. The molecule has 3 fully saturated rings. The average Bonchev–Trinajstić information content (AvgIpc) is 3.47. The molecule has 0 aromatic carbocycles. The third kappa shape index (κ3) is 4.87. The second kappa shape index (κ2) is 10.5. The third-order valence-corrected chi connectivity index (χ3v) is 8.97. The summed E-state index contributed by atoms with van der Waals surface area (Å²) < 4.78 is 2.55. The lowest BCUT2D eigenvalue weighted by molar-refractivity contribution is 0.0887. The maximum atomic E-state index is 9.97. The molecular weight excluding hydrogens is 408 g/mol. The van der Waals surface area contributed by atoms with Crippen LogP contribution < -0.4 is 0 Å². The molecule has 182 valence electrons. The summed E-state index contributed by atoms with van der Waals surface area (Å²) >= 11 is 0. The number of fused-ring (bicyclic) bond motifs is 1. The standard InChI is InChI=1S/C28H44N4O/c1-21(2)22-7-9-23(10-8-22)31-17-11-24(12-18-31)32-27(13-19-33)26(20-30-15-3-4-16-30)25-6-5-14-29-28(25)32/h5-6,14,21-24,33H,3-4,7-13,15-20H2,1-2H3/t22-,23+. The van der Waals surface area contributed by atoms with Gasteiger partial charge in [-0.3, -0.25) is 4.90 Å². The molecule has 1 saturated carbocycles. The zero-order valence-corrected chi connectivity index (χ0v) is 20.9. The predicted octanol–water partition coefficient (Wildman–Crippen LogP) is 5.02. The molecule has 1 aliphatic carbocycles. The Morgan fingerprint density at radius 3 is 2.36 bits per heavy atom. The van der Waals surface area contributed by atoms with Gasteiger partial charge in [0.1, 0.15) is 5.65 Å². The molecule has 5 nitrogen and oxygen atoms in total. The van der Waals surface area contributed by atoms with Gasteiger partial charge in [-0.15, -0.1) is 0 Å². The number of aliphatic hydroxyl groups is 1. The van der Waals surface area contributed by atoms with Crippen LogP contribution in [0.1, 0.15) is 82.5 Å². The van der Waals surface area contributed by atoms with Crippen molar-refractivity contribution in [2.45, 2.75) is 90.3 Å². The highest BCUT2D eigenvalue weighted by molar-refractivity contribution is 5.82. The Hall–Kier alpha value is -1.43. The van der Waals surface area contributed by atoms with Crippen molar-refractivity contribution in [3.8, 4) is 0 Å². The van der Waals surface area contributed by atoms with Gasteiger partial charge in [-0.05, 0) is 94.0 Å². The lowest BCUT2D eigenvalue weighted by Gasteiger charge is -2.42. The van der Waals surface area contributed by atoms with E-state index in [0.717, 1.165) is 36.5 Å². The number of likely N-dealkylation sites (tertiary alicyclic amines) is 2. The molecule has 4 heterocycles. The van der Waals surface area contributed by atoms with Crippen molar-refractivity contribution < 1.29 is 5.11 Å². The van der Waals surface area contributed by atoms with E-state index in [1.165, 1.54) is 94.2 Å². The topological polar surface area (TPSA) is 44.5 Å². The van der Waals surface area contributed by atoms with E-state index >= 15 is 0 Å². The van der Waals surface area contributed by atoms with Gasteiger partial charge in [0.05, 0.1) is 0 Å². The van der Waals surface area contributed by atoms with E-state index in [0.29, 0.717) is 6.04 Å². The highest BCUT2D eigenvalue weighted by Crippen LogP contribution is 2.37. The summed E-state index contributed by atoms with van der Waals surface area (Å²) in [6.07, 6.45) is 13.3. The van der Waals surface area contributed by atoms with Gasteiger partial charge in [-0.25, -0.2) is 4.98 Å². The Kier molecular flexibility index (Phi) is 7.39. The summed E-state index contributed by atoms with van der Waals surface area (Å²) in [4.78, 5) is 10.3. The number of pyridine rings is 1. The summed E-state index contributed by atoms with van der Waals surface area (Å²) in [5.74, 6) is 1.78. The molecule has 2 aromatic rings. The Morgan fingerprint density at radius 1 is 0.970 bits per heavy atom. The SMILES string of the molecule is CC(C)[C@H]1CC[C@@H](N2CCC(n3c(CCO)c(CN4CCCC4)c4cccnc43)CC2)CC1. The molecule has 5 heteroatoms. The fraction of sp³-hybridized carbons (Fsp3) is 0.750. The number of piperidine rings is 1. The van der Waals surface area contributed by atoms with Crippen LogP contribution in [0.5, 0.6) is 0 Å². The van der Waals surface area contributed by atoms with Gasteiger partial charge in [0.2, 0.25) is 0 Å². The number of hydrogen-bond acceptors (Lipinski definition) is 4. The molecule has 1 N–H and O–H groups in total. The second-order valence-corrected chi connectivity index (χ2v) is 11.2. The number of aliphatic hydroxyl groups excluding tert-OH is 1. The van der Waals surface area contributed by atoms with E-state index < -0.39 is 0 Å². The van der Waals surface area contributed by atoms with Crippen LogP contribution in [0.25, 0.3) is 11.0 Å². The molecule has 0 atom stereocenters. The van der Waals surface area contributed by atoms with E-state index in [1.807, 2.05) is 6.20 Å². The summed E-state index contributed by atoms with van der Waals surface area (Å²) in [7, 11) is 0. The number of hydrogen-bond donors (Lipinski definition) is 1. The highest BCUT2D eigenvalue weighted by Gasteiger charge is 2.32. The van der Waals surface area contributed by atoms with Gasteiger partial charge in [0.25, 0.3) is 0 Å². The zero-order chi connectivity index (χ0) is 22.8. The molecular formula is C28H44N4O. The third-order valence-electron chi connectivity index (χ3n) is 8.97. The first-order chi connectivity index (χ1) is 16.2. The van der Waals surface area contributed by atoms with Crippen LogP contribution in [-0.4, -0.2) is 63.3 Å². The quantitative estimate of drug-likeness (QED) is 0.641. The van der Waals surface area contributed by atoms with E-state index in [1.54, 1.807) is 0 Å². The molecule has 33 heavy (non-hydrogen) atoms. The average molecular weight is 453 g/mol. The van der Waals surface area contributed by atoms with Crippen LogP contribution in [0.2, 0.25) is 0 Å². The van der Waals surface area contributed by atoms with Crippen molar-refractivity contribution in [3.05, 3.63) is 29.6 Å². The number of aromatic nitrogens is 2. The lowest BCUT2D eigenvalue weighted by atomic mass is 9.79. The molecule has 0 spiro atoms. The Bertz CT molecular complexity index is 900. The minimum absolute atomic E-state index is 0.210. The molecule has 0 unspecified atom stereocenters. The van der Waals surface area contributed by atoms with E-state index in [2.05, 4.69) is 40.3 Å². The Morgan fingerprint density at radius 2 is 1.70 bits per heavy atom. The zero-order valence-electron chi connectivity index (χ0n) is 20.9. The van der Waals surface area contributed by atoms with Crippen LogP contribution >= 0.6 is 0 Å². The molecule has 2 aromatic heterocycles. The lowest BCUT2D eigenvalue weighted by Crippen LogP contribution is -2.44. The Labute approximate surface area is 200 Å². The fourth-order valence-corrected chi connectivity index (χ4v) is 7.01. The van der Waals surface area contributed by atoms with Crippen LogP contribution in [0, 0.1) is 11.8 Å². The fourth-order valence-electron chi connectivity index (χ4n) is 7.01. The van der Waals surface area contributed by atoms with Crippen molar-refractivity contribution in [3.63, 3.8) is 0 Å². The van der Waals surface area contributed by atoms with Crippen molar-refractivity contribution in [2.24, 2.45) is 11.8 Å². The van der Waals surface area contributed by atoms with Crippen molar-refractivity contribution in [2.75, 3.05) is 32.8 Å². The maximum absolute atomic E-state index is 9.97. The van der Waals surface area contributed by atoms with Crippen LogP contribution in [0.4, 0.5) is 0 Å².